The summed E-state index contributed by atoms with van der Waals surface area (Å²) in [6.45, 7) is 4.73. The molecule has 1 N–H and O–H groups in total. The molecule has 0 saturated carbocycles. The largest absolute Gasteiger partial charge is 0.350 e. The second kappa shape index (κ2) is 7.64. The molecule has 0 spiro atoms. The van der Waals surface area contributed by atoms with Crippen LogP contribution < -0.4 is 5.32 Å². The Kier molecular flexibility index (Phi) is 4.89. The highest BCUT2D eigenvalue weighted by Gasteiger charge is 2.16. The van der Waals surface area contributed by atoms with Gasteiger partial charge in [-0.15, -0.1) is 0 Å². The molecular formula is C23H22N4O. The fourth-order valence-electron chi connectivity index (χ4n) is 3.04. The Hall–Kier alpha value is -3.47. The summed E-state index contributed by atoms with van der Waals surface area (Å²) >= 11 is 0. The fraction of sp³-hybridized carbons (Fsp3) is 0.174. The van der Waals surface area contributed by atoms with Crippen LogP contribution in [0.5, 0.6) is 0 Å². The number of benzene rings is 2. The average Bonchev–Trinajstić information content (AvgIpc) is 3.17. The molecule has 0 aliphatic rings. The molecule has 140 valence electrons. The van der Waals surface area contributed by atoms with E-state index in [0.29, 0.717) is 23.8 Å². The molecule has 5 nitrogen and oxygen atoms in total. The van der Waals surface area contributed by atoms with Gasteiger partial charge in [-0.25, -0.2) is 9.50 Å². The molecule has 0 aliphatic carbocycles. The first kappa shape index (κ1) is 17.9. The molecule has 1 amide bonds. The van der Waals surface area contributed by atoms with Gasteiger partial charge in [0.1, 0.15) is 0 Å². The Balaban J connectivity index is 1.85. The maximum Gasteiger partial charge on any atom is 0.271 e. The van der Waals surface area contributed by atoms with E-state index in [-0.39, 0.29) is 5.91 Å². The first-order chi connectivity index (χ1) is 13.6. The Morgan fingerprint density at radius 2 is 1.61 bits per heavy atom. The number of fused-ring (bicyclic) bond motifs is 1. The van der Waals surface area contributed by atoms with Crippen molar-refractivity contribution in [2.24, 2.45) is 5.92 Å². The van der Waals surface area contributed by atoms with Crippen LogP contribution in [0.2, 0.25) is 0 Å². The summed E-state index contributed by atoms with van der Waals surface area (Å²) in [4.78, 5) is 17.3. The Morgan fingerprint density at radius 1 is 0.964 bits per heavy atom. The third-order valence-electron chi connectivity index (χ3n) is 4.47. The first-order valence-corrected chi connectivity index (χ1v) is 9.41. The second-order valence-corrected chi connectivity index (χ2v) is 7.16. The number of hydrogen-bond acceptors (Lipinski definition) is 3. The maximum absolute atomic E-state index is 12.5. The van der Waals surface area contributed by atoms with Crippen LogP contribution in [0, 0.1) is 5.92 Å². The van der Waals surface area contributed by atoms with Gasteiger partial charge in [0.05, 0.1) is 11.4 Å². The molecule has 0 atom stereocenters. The fourth-order valence-corrected chi connectivity index (χ4v) is 3.04. The maximum atomic E-state index is 12.5. The SMILES string of the molecule is CC(C)CNC(=O)c1cc2nc(-c3ccccc3)cc(-c3ccccc3)n2n1. The van der Waals surface area contributed by atoms with E-state index < -0.39 is 0 Å². The minimum Gasteiger partial charge on any atom is -0.350 e. The number of nitrogens with one attached hydrogen (secondary N) is 1. The van der Waals surface area contributed by atoms with Crippen LogP contribution in [0.3, 0.4) is 0 Å². The summed E-state index contributed by atoms with van der Waals surface area (Å²) < 4.78 is 1.74. The van der Waals surface area contributed by atoms with Crippen molar-refractivity contribution in [2.45, 2.75) is 13.8 Å². The Morgan fingerprint density at radius 3 is 2.25 bits per heavy atom. The molecule has 28 heavy (non-hydrogen) atoms. The molecule has 0 bridgehead atoms. The van der Waals surface area contributed by atoms with E-state index >= 15 is 0 Å². The third kappa shape index (κ3) is 3.64. The van der Waals surface area contributed by atoms with Gasteiger partial charge in [-0.1, -0.05) is 74.5 Å². The number of carbonyl (C=O) groups is 1. The minimum absolute atomic E-state index is 0.181. The highest BCUT2D eigenvalue weighted by Crippen LogP contribution is 2.26. The molecule has 0 aliphatic heterocycles. The zero-order chi connectivity index (χ0) is 19.5. The van der Waals surface area contributed by atoms with Gasteiger partial charge < -0.3 is 5.32 Å². The van der Waals surface area contributed by atoms with Crippen molar-refractivity contribution >= 4 is 11.6 Å². The number of carbonyl (C=O) groups excluding carboxylic acids is 1. The van der Waals surface area contributed by atoms with Gasteiger partial charge >= 0.3 is 0 Å². The van der Waals surface area contributed by atoms with E-state index in [2.05, 4.69) is 24.3 Å². The molecule has 4 rings (SSSR count). The third-order valence-corrected chi connectivity index (χ3v) is 4.47. The number of rotatable bonds is 5. The van der Waals surface area contributed by atoms with Crippen molar-refractivity contribution in [3.63, 3.8) is 0 Å². The molecule has 0 fully saturated rings. The molecular weight excluding hydrogens is 348 g/mol. The van der Waals surface area contributed by atoms with Gasteiger partial charge in [0.15, 0.2) is 11.3 Å². The molecule has 2 heterocycles. The van der Waals surface area contributed by atoms with Crippen LogP contribution in [-0.4, -0.2) is 27.0 Å². The van der Waals surface area contributed by atoms with Gasteiger partial charge in [-0.05, 0) is 12.0 Å². The molecule has 4 aromatic rings. The lowest BCUT2D eigenvalue weighted by Gasteiger charge is -2.08. The average molecular weight is 370 g/mol. The van der Waals surface area contributed by atoms with Crippen molar-refractivity contribution in [1.82, 2.24) is 19.9 Å². The zero-order valence-electron chi connectivity index (χ0n) is 16.0. The van der Waals surface area contributed by atoms with Crippen molar-refractivity contribution < 1.29 is 4.79 Å². The lowest BCUT2D eigenvalue weighted by Crippen LogP contribution is -2.27. The van der Waals surface area contributed by atoms with E-state index in [0.717, 1.165) is 22.5 Å². The van der Waals surface area contributed by atoms with Crippen molar-refractivity contribution in [1.29, 1.82) is 0 Å². The number of nitrogens with zero attached hydrogens (tertiary/aromatic N) is 3. The number of hydrogen-bond donors (Lipinski definition) is 1. The van der Waals surface area contributed by atoms with Gasteiger partial charge in [0.2, 0.25) is 0 Å². The van der Waals surface area contributed by atoms with Crippen LogP contribution in [0.4, 0.5) is 0 Å². The topological polar surface area (TPSA) is 59.3 Å². The highest BCUT2D eigenvalue weighted by atomic mass is 16.1. The summed E-state index contributed by atoms with van der Waals surface area (Å²) in [5.41, 5.74) is 4.80. The Labute approximate surface area is 164 Å². The predicted molar refractivity (Wildman–Crippen MR) is 111 cm³/mol. The lowest BCUT2D eigenvalue weighted by atomic mass is 10.1. The molecule has 0 unspecified atom stereocenters. The summed E-state index contributed by atoms with van der Waals surface area (Å²) in [5.74, 6) is 0.197. The van der Waals surface area contributed by atoms with Crippen molar-refractivity contribution in [3.8, 4) is 22.5 Å². The molecule has 0 radical (unpaired) electrons. The van der Waals surface area contributed by atoms with Crippen molar-refractivity contribution in [3.05, 3.63) is 78.5 Å². The van der Waals surface area contributed by atoms with Crippen LogP contribution in [0.25, 0.3) is 28.2 Å². The highest BCUT2D eigenvalue weighted by molar-refractivity contribution is 5.93. The smallest absolute Gasteiger partial charge is 0.271 e. The van der Waals surface area contributed by atoms with E-state index in [4.69, 9.17) is 4.98 Å². The summed E-state index contributed by atoms with van der Waals surface area (Å²) in [6.07, 6.45) is 0. The first-order valence-electron chi connectivity index (χ1n) is 9.41. The molecule has 0 saturated heterocycles. The lowest BCUT2D eigenvalue weighted by molar-refractivity contribution is 0.0943. The second-order valence-electron chi connectivity index (χ2n) is 7.16. The standard InChI is InChI=1S/C23H22N4O/c1-16(2)15-24-23(28)20-14-22-25-19(17-9-5-3-6-10-17)13-21(27(22)26-20)18-11-7-4-8-12-18/h3-14,16H,15H2,1-2H3,(H,24,28). The van der Waals surface area contributed by atoms with E-state index in [1.165, 1.54) is 0 Å². The summed E-state index contributed by atoms with van der Waals surface area (Å²) in [6, 6.07) is 23.8. The van der Waals surface area contributed by atoms with Crippen LogP contribution >= 0.6 is 0 Å². The quantitative estimate of drug-likeness (QED) is 0.565. The van der Waals surface area contributed by atoms with Gasteiger partial charge in [0.25, 0.3) is 5.91 Å². The summed E-state index contributed by atoms with van der Waals surface area (Å²) in [5, 5.41) is 7.47. The monoisotopic (exact) mass is 370 g/mol. The predicted octanol–water partition coefficient (Wildman–Crippen LogP) is 4.45. The van der Waals surface area contributed by atoms with Crippen LogP contribution in [0.15, 0.2) is 72.8 Å². The zero-order valence-corrected chi connectivity index (χ0v) is 16.0. The molecule has 2 aromatic carbocycles. The van der Waals surface area contributed by atoms with E-state index in [9.17, 15) is 4.79 Å². The van der Waals surface area contributed by atoms with E-state index in [1.54, 1.807) is 10.6 Å². The summed E-state index contributed by atoms with van der Waals surface area (Å²) in [7, 11) is 0. The molecule has 2 aromatic heterocycles. The van der Waals surface area contributed by atoms with Gasteiger partial charge in [-0.2, -0.15) is 5.10 Å². The molecule has 5 heteroatoms. The van der Waals surface area contributed by atoms with Crippen molar-refractivity contribution in [2.75, 3.05) is 6.54 Å². The minimum atomic E-state index is -0.181. The van der Waals surface area contributed by atoms with Crippen LogP contribution in [0.1, 0.15) is 24.3 Å². The van der Waals surface area contributed by atoms with Gasteiger partial charge in [-0.3, -0.25) is 4.79 Å². The van der Waals surface area contributed by atoms with E-state index in [1.807, 2.05) is 66.7 Å². The number of amides is 1. The number of aromatic nitrogens is 3. The van der Waals surface area contributed by atoms with Gasteiger partial charge in [0, 0.05) is 23.7 Å². The van der Waals surface area contributed by atoms with Crippen LogP contribution in [-0.2, 0) is 0 Å². The Bertz CT molecular complexity index is 1100. The normalized spacial score (nSPS) is 11.1.